The molecule has 2 saturated carbocycles. The highest BCUT2D eigenvalue weighted by Gasteiger charge is 2.59. The van der Waals surface area contributed by atoms with Crippen LogP contribution < -0.4 is 5.32 Å². The Bertz CT molecular complexity index is 713. The zero-order valence-electron chi connectivity index (χ0n) is 15.0. The van der Waals surface area contributed by atoms with Crippen molar-refractivity contribution in [3.8, 4) is 0 Å². The van der Waals surface area contributed by atoms with Crippen LogP contribution in [-0.2, 0) is 11.2 Å². The highest BCUT2D eigenvalue weighted by Crippen LogP contribution is 2.54. The predicted octanol–water partition coefficient (Wildman–Crippen LogP) is 1.55. The number of amides is 1. The number of hydrogen-bond acceptors (Lipinski definition) is 5. The van der Waals surface area contributed by atoms with Crippen LogP contribution in [0.3, 0.4) is 0 Å². The second-order valence-corrected chi connectivity index (χ2v) is 7.34. The third kappa shape index (κ3) is 3.27. The van der Waals surface area contributed by atoms with Crippen LogP contribution in [0.4, 0.5) is 0 Å². The first-order chi connectivity index (χ1) is 12.4. The van der Waals surface area contributed by atoms with Gasteiger partial charge in [0.15, 0.2) is 0 Å². The lowest BCUT2D eigenvalue weighted by atomic mass is 9.62. The molecular weight excluding hydrogens is 333 g/mol. The maximum Gasteiger partial charge on any atom is 0.475 e. The number of aliphatic hydroxyl groups is 1. The minimum atomic E-state index is -1.71. The van der Waals surface area contributed by atoms with Gasteiger partial charge < -0.3 is 24.9 Å². The molecule has 0 bridgehead atoms. The quantitative estimate of drug-likeness (QED) is 0.553. The van der Waals surface area contributed by atoms with Crippen LogP contribution in [0.15, 0.2) is 23.3 Å². The van der Waals surface area contributed by atoms with Crippen molar-refractivity contribution in [3.63, 3.8) is 0 Å². The summed E-state index contributed by atoms with van der Waals surface area (Å²) < 4.78 is 5.45. The first kappa shape index (κ1) is 19.0. The van der Waals surface area contributed by atoms with E-state index in [2.05, 4.69) is 11.9 Å². The molecule has 140 valence electrons. The minimum absolute atomic E-state index is 0.195. The van der Waals surface area contributed by atoms with Crippen molar-refractivity contribution in [1.82, 2.24) is 5.32 Å². The van der Waals surface area contributed by atoms with Gasteiger partial charge in [0.1, 0.15) is 5.76 Å². The summed E-state index contributed by atoms with van der Waals surface area (Å²) in [7, 11) is -1.71. The van der Waals surface area contributed by atoms with Crippen LogP contribution in [0.1, 0.15) is 49.5 Å². The molecule has 2 aliphatic carbocycles. The van der Waals surface area contributed by atoms with Gasteiger partial charge in [0, 0.05) is 5.56 Å². The number of rotatable bonds is 7. The molecule has 0 unspecified atom stereocenters. The molecule has 2 fully saturated rings. The second kappa shape index (κ2) is 7.43. The van der Waals surface area contributed by atoms with Gasteiger partial charge in [-0.3, -0.25) is 4.79 Å². The monoisotopic (exact) mass is 359 g/mol. The molecule has 1 aromatic rings. The van der Waals surface area contributed by atoms with E-state index in [1.54, 1.807) is 6.08 Å². The molecule has 1 amide bonds. The van der Waals surface area contributed by atoms with Gasteiger partial charge in [0.25, 0.3) is 0 Å². The Hall–Kier alpha value is -1.83. The van der Waals surface area contributed by atoms with Gasteiger partial charge in [0.2, 0.25) is 5.91 Å². The van der Waals surface area contributed by atoms with Gasteiger partial charge in [-0.2, -0.15) is 0 Å². The first-order valence-electron chi connectivity index (χ1n) is 9.15. The summed E-state index contributed by atoms with van der Waals surface area (Å²) in [5.74, 6) is -0.882. The van der Waals surface area contributed by atoms with Crippen molar-refractivity contribution in [1.29, 1.82) is 0 Å². The van der Waals surface area contributed by atoms with Gasteiger partial charge in [-0.15, -0.1) is 0 Å². The summed E-state index contributed by atoms with van der Waals surface area (Å²) in [5.41, 5.74) is 0.638. The SMILES string of the molecule is C=Cc1occ(C[C@H](NC(=O)[C@H]2C[C@@H]3CCC[C@@]32O)B(O)O)c1/C=C\C. The van der Waals surface area contributed by atoms with Crippen LogP contribution in [0.5, 0.6) is 0 Å². The fourth-order valence-corrected chi connectivity index (χ4v) is 4.37. The normalized spacial score (nSPS) is 28.5. The van der Waals surface area contributed by atoms with Gasteiger partial charge in [-0.25, -0.2) is 0 Å². The number of nitrogens with one attached hydrogen (secondary N) is 1. The lowest BCUT2D eigenvalue weighted by Crippen LogP contribution is -2.61. The van der Waals surface area contributed by atoms with Crippen molar-refractivity contribution in [3.05, 3.63) is 35.8 Å². The van der Waals surface area contributed by atoms with Crippen LogP contribution in [0.25, 0.3) is 12.2 Å². The van der Waals surface area contributed by atoms with Gasteiger partial charge in [-0.05, 0) is 50.2 Å². The van der Waals surface area contributed by atoms with Crippen molar-refractivity contribution in [2.75, 3.05) is 0 Å². The summed E-state index contributed by atoms with van der Waals surface area (Å²) in [5, 5.41) is 32.8. The van der Waals surface area contributed by atoms with Gasteiger partial charge in [0.05, 0.1) is 23.7 Å². The first-order valence-corrected chi connectivity index (χ1v) is 9.15. The maximum atomic E-state index is 12.6. The zero-order chi connectivity index (χ0) is 18.9. The molecule has 2 aliphatic rings. The van der Waals surface area contributed by atoms with Crippen molar-refractivity contribution < 1.29 is 24.4 Å². The summed E-state index contributed by atoms with van der Waals surface area (Å²) in [4.78, 5) is 12.6. The maximum absolute atomic E-state index is 12.6. The molecule has 0 aromatic carbocycles. The van der Waals surface area contributed by atoms with Crippen LogP contribution in [0, 0.1) is 11.8 Å². The third-order valence-electron chi connectivity index (χ3n) is 5.86. The van der Waals surface area contributed by atoms with E-state index in [-0.39, 0.29) is 18.2 Å². The minimum Gasteiger partial charge on any atom is -0.464 e. The van der Waals surface area contributed by atoms with Crippen molar-refractivity contribution in [2.24, 2.45) is 11.8 Å². The molecule has 1 aromatic heterocycles. The van der Waals surface area contributed by atoms with Crippen molar-refractivity contribution >= 4 is 25.2 Å². The standard InChI is InChI=1S/C19H26BNO5/c1-3-6-14-12(11-26-16(14)4-2)9-17(20(24)25)21-18(22)15-10-13-7-5-8-19(13,15)23/h3-4,6,11,13,15,17,23-25H,2,5,7-10H2,1H3,(H,21,22)/b6-3-/t13-,15+,17-,19+/m0/s1. The van der Waals surface area contributed by atoms with Gasteiger partial charge >= 0.3 is 7.12 Å². The zero-order valence-corrected chi connectivity index (χ0v) is 15.0. The molecule has 3 rings (SSSR count). The van der Waals surface area contributed by atoms with Crippen molar-refractivity contribution in [2.45, 2.75) is 50.6 Å². The molecule has 1 heterocycles. The van der Waals surface area contributed by atoms with Crippen LogP contribution >= 0.6 is 0 Å². The van der Waals surface area contributed by atoms with Crippen LogP contribution in [0.2, 0.25) is 0 Å². The van der Waals surface area contributed by atoms with E-state index in [1.165, 1.54) is 6.26 Å². The smallest absolute Gasteiger partial charge is 0.464 e. The van der Waals surface area contributed by atoms with E-state index in [0.29, 0.717) is 18.6 Å². The number of carbonyl (C=O) groups excluding carboxylic acids is 1. The van der Waals surface area contributed by atoms with E-state index in [9.17, 15) is 19.9 Å². The highest BCUT2D eigenvalue weighted by atomic mass is 16.4. The molecule has 0 saturated heterocycles. The molecule has 6 nitrogen and oxygen atoms in total. The average Bonchev–Trinajstić information content (AvgIpc) is 3.10. The summed E-state index contributed by atoms with van der Waals surface area (Å²) in [6.07, 6.45) is 10.2. The van der Waals surface area contributed by atoms with Crippen LogP contribution in [-0.4, -0.2) is 39.7 Å². The Labute approximate surface area is 153 Å². The van der Waals surface area contributed by atoms with E-state index in [4.69, 9.17) is 4.42 Å². The Morgan fingerprint density at radius 3 is 2.96 bits per heavy atom. The lowest BCUT2D eigenvalue weighted by molar-refractivity contribution is -0.162. The van der Waals surface area contributed by atoms with E-state index < -0.39 is 24.6 Å². The van der Waals surface area contributed by atoms with Gasteiger partial charge in [-0.1, -0.05) is 25.2 Å². The Morgan fingerprint density at radius 1 is 1.58 bits per heavy atom. The Balaban J connectivity index is 1.71. The summed E-state index contributed by atoms with van der Waals surface area (Å²) in [6.45, 7) is 5.58. The molecule has 7 heteroatoms. The second-order valence-electron chi connectivity index (χ2n) is 7.34. The van der Waals surface area contributed by atoms with E-state index in [1.807, 2.05) is 19.1 Å². The topological polar surface area (TPSA) is 103 Å². The van der Waals surface area contributed by atoms with E-state index in [0.717, 1.165) is 24.0 Å². The predicted molar refractivity (Wildman–Crippen MR) is 99.7 cm³/mol. The molecule has 0 radical (unpaired) electrons. The van der Waals surface area contributed by atoms with E-state index >= 15 is 0 Å². The number of allylic oxidation sites excluding steroid dienone is 1. The fourth-order valence-electron chi connectivity index (χ4n) is 4.37. The number of fused-ring (bicyclic) bond motifs is 1. The molecule has 0 spiro atoms. The number of hydrogen-bond donors (Lipinski definition) is 4. The molecule has 26 heavy (non-hydrogen) atoms. The largest absolute Gasteiger partial charge is 0.475 e. The highest BCUT2D eigenvalue weighted by molar-refractivity contribution is 6.43. The Morgan fingerprint density at radius 2 is 2.35 bits per heavy atom. The summed E-state index contributed by atoms with van der Waals surface area (Å²) in [6, 6.07) is 0. The molecular formula is C19H26BNO5. The lowest BCUT2D eigenvalue weighted by Gasteiger charge is -2.47. The molecule has 0 aliphatic heterocycles. The number of furan rings is 1. The molecule has 4 N–H and O–H groups in total. The molecule has 4 atom stereocenters. The Kier molecular flexibility index (Phi) is 5.41. The fraction of sp³-hybridized carbons (Fsp3) is 0.526. The number of carbonyl (C=O) groups is 1. The average molecular weight is 359 g/mol. The summed E-state index contributed by atoms with van der Waals surface area (Å²) >= 11 is 0. The third-order valence-corrected chi connectivity index (χ3v) is 5.86.